The lowest BCUT2D eigenvalue weighted by Crippen LogP contribution is -2.52. The van der Waals surface area contributed by atoms with Gasteiger partial charge >= 0.3 is 0 Å². The van der Waals surface area contributed by atoms with E-state index in [0.717, 1.165) is 9.87 Å². The van der Waals surface area contributed by atoms with Crippen LogP contribution in [0.3, 0.4) is 0 Å². The summed E-state index contributed by atoms with van der Waals surface area (Å²) in [6.07, 6.45) is 0.359. The molecule has 2 aromatic rings. The third kappa shape index (κ3) is 6.85. The van der Waals surface area contributed by atoms with Gasteiger partial charge in [-0.25, -0.2) is 8.42 Å². The standard InChI is InChI=1S/C26H35N3O7S/c1-5-22(26(31)27-6-2)28(17-19-8-11-21(34-4)12-9-19)25(30)18-29(37(32,33)7-3)20-10-13-23-24(16-20)36-15-14-35-23/h8-13,16,22H,5-7,14-15,17-18H2,1-4H3,(H,27,31)/t22-/m1/s1. The molecule has 0 aliphatic carbocycles. The molecular weight excluding hydrogens is 498 g/mol. The number of likely N-dealkylation sites (N-methyl/N-ethyl adjacent to an activating group) is 1. The molecule has 2 aromatic carbocycles. The molecule has 0 radical (unpaired) electrons. The number of benzene rings is 2. The lowest BCUT2D eigenvalue weighted by molar-refractivity contribution is -0.140. The minimum Gasteiger partial charge on any atom is -0.497 e. The second kappa shape index (κ2) is 12.7. The van der Waals surface area contributed by atoms with E-state index in [4.69, 9.17) is 14.2 Å². The first-order valence-electron chi connectivity index (χ1n) is 12.3. The van der Waals surface area contributed by atoms with Crippen LogP contribution in [0.2, 0.25) is 0 Å². The highest BCUT2D eigenvalue weighted by molar-refractivity contribution is 7.92. The smallest absolute Gasteiger partial charge is 0.244 e. The van der Waals surface area contributed by atoms with Gasteiger partial charge in [0, 0.05) is 19.2 Å². The number of ether oxygens (including phenoxy) is 3. The average Bonchev–Trinajstić information content (AvgIpc) is 2.91. The molecule has 0 saturated carbocycles. The molecule has 3 rings (SSSR count). The van der Waals surface area contributed by atoms with Crippen LogP contribution in [0.25, 0.3) is 0 Å². The average molecular weight is 534 g/mol. The van der Waals surface area contributed by atoms with E-state index in [9.17, 15) is 18.0 Å². The summed E-state index contributed by atoms with van der Waals surface area (Å²) in [6, 6.07) is 11.2. The Balaban J connectivity index is 1.96. The lowest BCUT2D eigenvalue weighted by Gasteiger charge is -2.33. The number of anilines is 1. The molecule has 0 spiro atoms. The molecule has 37 heavy (non-hydrogen) atoms. The molecule has 0 bridgehead atoms. The normalized spacial score (nSPS) is 13.4. The summed E-state index contributed by atoms with van der Waals surface area (Å²) in [5, 5.41) is 2.78. The highest BCUT2D eigenvalue weighted by Crippen LogP contribution is 2.35. The molecule has 11 heteroatoms. The van der Waals surface area contributed by atoms with Crippen LogP contribution in [-0.2, 0) is 26.2 Å². The highest BCUT2D eigenvalue weighted by atomic mass is 32.2. The molecule has 0 saturated heterocycles. The SMILES string of the molecule is CCNC(=O)[C@@H](CC)N(Cc1ccc(OC)cc1)C(=O)CN(c1ccc2c(c1)OCCO2)S(=O)(=O)CC. The van der Waals surface area contributed by atoms with Gasteiger partial charge in [-0.3, -0.25) is 13.9 Å². The first kappa shape index (κ1) is 28.1. The van der Waals surface area contributed by atoms with E-state index >= 15 is 0 Å². The molecular formula is C26H35N3O7S. The number of amides is 2. The van der Waals surface area contributed by atoms with Crippen LogP contribution >= 0.6 is 0 Å². The van der Waals surface area contributed by atoms with Gasteiger partial charge < -0.3 is 24.4 Å². The predicted octanol–water partition coefficient (Wildman–Crippen LogP) is 2.57. The van der Waals surface area contributed by atoms with Gasteiger partial charge in [0.05, 0.1) is 18.6 Å². The summed E-state index contributed by atoms with van der Waals surface area (Å²) < 4.78 is 43.7. The van der Waals surface area contributed by atoms with Gasteiger partial charge in [-0.1, -0.05) is 19.1 Å². The molecule has 10 nitrogen and oxygen atoms in total. The fourth-order valence-electron chi connectivity index (χ4n) is 4.05. The second-order valence-corrected chi connectivity index (χ2v) is 10.6. The lowest BCUT2D eigenvalue weighted by atomic mass is 10.1. The summed E-state index contributed by atoms with van der Waals surface area (Å²) in [4.78, 5) is 28.1. The number of nitrogens with one attached hydrogen (secondary N) is 1. The number of methoxy groups -OCH3 is 1. The van der Waals surface area contributed by atoms with Crippen molar-refractivity contribution in [1.29, 1.82) is 0 Å². The van der Waals surface area contributed by atoms with E-state index in [1.54, 1.807) is 44.4 Å². The van der Waals surface area contributed by atoms with Gasteiger partial charge in [-0.2, -0.15) is 0 Å². The maximum Gasteiger partial charge on any atom is 0.244 e. The van der Waals surface area contributed by atoms with Crippen molar-refractivity contribution in [2.45, 2.75) is 39.8 Å². The van der Waals surface area contributed by atoms with Crippen LogP contribution < -0.4 is 23.8 Å². The second-order valence-electron chi connectivity index (χ2n) is 8.42. The van der Waals surface area contributed by atoms with E-state index in [2.05, 4.69) is 5.32 Å². The maximum atomic E-state index is 13.8. The summed E-state index contributed by atoms with van der Waals surface area (Å²) in [6.45, 7) is 5.95. The Morgan fingerprint density at radius 1 is 1.03 bits per heavy atom. The highest BCUT2D eigenvalue weighted by Gasteiger charge is 2.32. The predicted molar refractivity (Wildman–Crippen MR) is 141 cm³/mol. The van der Waals surface area contributed by atoms with E-state index in [1.807, 2.05) is 19.1 Å². The van der Waals surface area contributed by atoms with Gasteiger partial charge in [-0.15, -0.1) is 0 Å². The Morgan fingerprint density at radius 2 is 1.70 bits per heavy atom. The largest absolute Gasteiger partial charge is 0.497 e. The first-order chi connectivity index (χ1) is 17.7. The van der Waals surface area contributed by atoms with Gasteiger partial charge in [0.25, 0.3) is 0 Å². The quantitative estimate of drug-likeness (QED) is 0.446. The van der Waals surface area contributed by atoms with Crippen LogP contribution in [0, 0.1) is 0 Å². The molecule has 1 aliphatic rings. The number of fused-ring (bicyclic) bond motifs is 1. The van der Waals surface area contributed by atoms with Crippen molar-refractivity contribution in [3.63, 3.8) is 0 Å². The topological polar surface area (TPSA) is 114 Å². The number of rotatable bonds is 12. The maximum absolute atomic E-state index is 13.8. The van der Waals surface area contributed by atoms with Crippen molar-refractivity contribution in [3.05, 3.63) is 48.0 Å². The van der Waals surface area contributed by atoms with Crippen molar-refractivity contribution < 1.29 is 32.2 Å². The molecule has 1 aliphatic heterocycles. The Kier molecular flexibility index (Phi) is 9.62. The molecule has 1 N–H and O–H groups in total. The summed E-state index contributed by atoms with van der Waals surface area (Å²) >= 11 is 0. The van der Waals surface area contributed by atoms with Crippen LogP contribution in [0.5, 0.6) is 17.2 Å². The third-order valence-electron chi connectivity index (χ3n) is 6.04. The number of carbonyl (C=O) groups excluding carboxylic acids is 2. The minimum atomic E-state index is -3.84. The van der Waals surface area contributed by atoms with Gasteiger partial charge in [-0.05, 0) is 50.1 Å². The summed E-state index contributed by atoms with van der Waals surface area (Å²) in [7, 11) is -2.28. The van der Waals surface area contributed by atoms with E-state index in [0.29, 0.717) is 43.4 Å². The molecule has 202 valence electrons. The number of nitrogens with zero attached hydrogens (tertiary/aromatic N) is 2. The van der Waals surface area contributed by atoms with E-state index in [1.165, 1.54) is 11.8 Å². The molecule has 1 heterocycles. The number of sulfonamides is 1. The number of hydrogen-bond donors (Lipinski definition) is 1. The molecule has 1 atom stereocenters. The first-order valence-corrected chi connectivity index (χ1v) is 13.9. The molecule has 0 unspecified atom stereocenters. The molecule has 0 aromatic heterocycles. The van der Waals surface area contributed by atoms with Crippen LogP contribution in [0.1, 0.15) is 32.8 Å². The Labute approximate surface area is 218 Å². The van der Waals surface area contributed by atoms with E-state index < -0.39 is 28.5 Å². The van der Waals surface area contributed by atoms with Crippen LogP contribution in [0.4, 0.5) is 5.69 Å². The zero-order chi connectivity index (χ0) is 27.0. The van der Waals surface area contributed by atoms with Crippen molar-refractivity contribution >= 4 is 27.5 Å². The van der Waals surface area contributed by atoms with E-state index in [-0.39, 0.29) is 23.9 Å². The number of hydrogen-bond acceptors (Lipinski definition) is 7. The van der Waals surface area contributed by atoms with Crippen LogP contribution in [0.15, 0.2) is 42.5 Å². The van der Waals surface area contributed by atoms with Crippen LogP contribution in [-0.4, -0.2) is 70.3 Å². The summed E-state index contributed by atoms with van der Waals surface area (Å²) in [5.74, 6) is 0.587. The Hall–Kier alpha value is -3.47. The van der Waals surface area contributed by atoms with Crippen molar-refractivity contribution in [1.82, 2.24) is 10.2 Å². The monoisotopic (exact) mass is 533 g/mol. The zero-order valence-corrected chi connectivity index (χ0v) is 22.5. The third-order valence-corrected chi connectivity index (χ3v) is 7.78. The van der Waals surface area contributed by atoms with Gasteiger partial charge in [0.15, 0.2) is 11.5 Å². The zero-order valence-electron chi connectivity index (χ0n) is 21.7. The van der Waals surface area contributed by atoms with Crippen molar-refractivity contribution in [2.24, 2.45) is 0 Å². The molecule has 2 amide bonds. The van der Waals surface area contributed by atoms with Gasteiger partial charge in [0.1, 0.15) is 31.5 Å². The van der Waals surface area contributed by atoms with Crippen molar-refractivity contribution in [3.8, 4) is 17.2 Å². The Morgan fingerprint density at radius 3 is 2.30 bits per heavy atom. The summed E-state index contributed by atoms with van der Waals surface area (Å²) in [5.41, 5.74) is 1.07. The molecule has 0 fully saturated rings. The fourth-order valence-corrected chi connectivity index (χ4v) is 5.10. The number of carbonyl (C=O) groups is 2. The fraction of sp³-hybridized carbons (Fsp3) is 0.462. The van der Waals surface area contributed by atoms with Crippen molar-refractivity contribution in [2.75, 3.05) is 43.5 Å². The Bertz CT molecular complexity index is 1190. The van der Waals surface area contributed by atoms with Gasteiger partial charge in [0.2, 0.25) is 21.8 Å². The minimum absolute atomic E-state index is 0.125.